The number of methoxy groups -OCH3 is 1. The molecule has 1 aliphatic rings. The molecule has 0 aromatic carbocycles. The van der Waals surface area contributed by atoms with Gasteiger partial charge in [-0.1, -0.05) is 25.2 Å². The maximum absolute atomic E-state index is 12.7. The Labute approximate surface area is 226 Å². The second-order valence-corrected chi connectivity index (χ2v) is 11.5. The van der Waals surface area contributed by atoms with Crippen LogP contribution in [0.4, 0.5) is 5.00 Å². The number of aromatic nitrogens is 6. The van der Waals surface area contributed by atoms with Crippen LogP contribution in [0.3, 0.4) is 0 Å². The second kappa shape index (κ2) is 10.3. The summed E-state index contributed by atoms with van der Waals surface area (Å²) in [5.74, 6) is 1.02. The molecule has 0 saturated carbocycles. The number of fused-ring (bicyclic) bond motifs is 1. The highest BCUT2D eigenvalue weighted by molar-refractivity contribution is 7.18. The summed E-state index contributed by atoms with van der Waals surface area (Å²) in [6.07, 6.45) is 5.37. The molecule has 0 radical (unpaired) electrons. The molecule has 0 unspecified atom stereocenters. The molecule has 2 atom stereocenters. The van der Waals surface area contributed by atoms with E-state index < -0.39 is 0 Å². The Balaban J connectivity index is 1.44. The molecule has 4 aromatic heterocycles. The third kappa shape index (κ3) is 4.73. The van der Waals surface area contributed by atoms with Crippen LogP contribution in [-0.2, 0) is 4.79 Å². The van der Waals surface area contributed by atoms with Crippen molar-refractivity contribution in [2.24, 2.45) is 0 Å². The third-order valence-electron chi connectivity index (χ3n) is 6.96. The van der Waals surface area contributed by atoms with Crippen molar-refractivity contribution in [1.29, 1.82) is 0 Å². The summed E-state index contributed by atoms with van der Waals surface area (Å²) >= 11 is 1.65. The van der Waals surface area contributed by atoms with Gasteiger partial charge >= 0.3 is 0 Å². The average molecular weight is 538 g/mol. The predicted octanol–water partition coefficient (Wildman–Crippen LogP) is 3.36. The number of hydrogen-bond acceptors (Lipinski definition) is 9. The number of carbonyl (C=O) groups is 1. The molecule has 1 N–H and O–H groups in total. The monoisotopic (exact) mass is 537 g/mol. The maximum Gasteiger partial charge on any atom is 0.237 e. The van der Waals surface area contributed by atoms with E-state index in [9.17, 15) is 4.79 Å². The van der Waals surface area contributed by atoms with Gasteiger partial charge in [-0.2, -0.15) is 10.2 Å². The van der Waals surface area contributed by atoms with Crippen molar-refractivity contribution in [3.05, 3.63) is 30.4 Å². The zero-order valence-corrected chi connectivity index (χ0v) is 23.8. The summed E-state index contributed by atoms with van der Waals surface area (Å²) < 4.78 is 7.27. The summed E-state index contributed by atoms with van der Waals surface area (Å²) in [6, 6.07) is 2.26. The molecule has 0 aliphatic carbocycles. The SMILES string of the molecule is COc1cc(-c2n[nH]c(-c3ncc(N4C[C@H](C)N(C(=O)CN(C)C)C[C@H]4C)s3)c2C(C)C)cn2ncnc12. The number of carbonyl (C=O) groups excluding carboxylic acids is 1. The lowest BCUT2D eigenvalue weighted by atomic mass is 9.97. The molecule has 1 amide bonds. The van der Waals surface area contributed by atoms with Crippen molar-refractivity contribution in [1.82, 2.24) is 39.6 Å². The minimum atomic E-state index is 0.121. The number of amides is 1. The molecule has 0 spiro atoms. The summed E-state index contributed by atoms with van der Waals surface area (Å²) in [5, 5.41) is 14.3. The summed E-state index contributed by atoms with van der Waals surface area (Å²) in [4.78, 5) is 28.1. The van der Waals surface area contributed by atoms with Crippen LogP contribution in [0.25, 0.3) is 27.6 Å². The van der Waals surface area contributed by atoms with E-state index in [2.05, 4.69) is 47.8 Å². The molecule has 5 rings (SSSR count). The first kappa shape index (κ1) is 26.1. The Morgan fingerprint density at radius 3 is 2.74 bits per heavy atom. The van der Waals surface area contributed by atoms with Crippen molar-refractivity contribution < 1.29 is 9.53 Å². The number of likely N-dealkylation sites (N-methyl/N-ethyl adjacent to an activating group) is 1. The highest BCUT2D eigenvalue weighted by Crippen LogP contribution is 2.40. The minimum Gasteiger partial charge on any atom is -0.493 e. The van der Waals surface area contributed by atoms with Gasteiger partial charge in [-0.15, -0.1) is 0 Å². The lowest BCUT2D eigenvalue weighted by Crippen LogP contribution is -2.59. The van der Waals surface area contributed by atoms with Gasteiger partial charge in [0.15, 0.2) is 11.4 Å². The van der Waals surface area contributed by atoms with E-state index in [-0.39, 0.29) is 23.9 Å². The van der Waals surface area contributed by atoms with Crippen LogP contribution >= 0.6 is 11.3 Å². The number of thiazole rings is 1. The standard InChI is InChI=1S/C26H35N9O2S/c1-15(2)22-23(18-8-19(37-7)25-28-14-29-35(25)12-18)30-31-24(22)26-27-9-21(38-26)34-11-16(3)33(10-17(34)4)20(36)13-32(5)6/h8-9,12,14-17H,10-11,13H2,1-7H3,(H,30,31)/t16-,17+/m0/s1. The van der Waals surface area contributed by atoms with Crippen molar-refractivity contribution in [2.75, 3.05) is 45.7 Å². The topological polar surface area (TPSA) is 108 Å². The number of ether oxygens (including phenoxy) is 1. The van der Waals surface area contributed by atoms with Gasteiger partial charge in [-0.05, 0) is 39.9 Å². The quantitative estimate of drug-likeness (QED) is 0.382. The number of nitrogens with zero attached hydrogens (tertiary/aromatic N) is 8. The van der Waals surface area contributed by atoms with Gasteiger partial charge in [-0.3, -0.25) is 9.89 Å². The number of rotatable bonds is 7. The number of anilines is 1. The van der Waals surface area contributed by atoms with E-state index in [1.54, 1.807) is 23.0 Å². The molecule has 5 heterocycles. The first-order valence-electron chi connectivity index (χ1n) is 12.8. The van der Waals surface area contributed by atoms with E-state index in [0.29, 0.717) is 24.5 Å². The normalized spacial score (nSPS) is 18.2. The van der Waals surface area contributed by atoms with Gasteiger partial charge in [0.05, 0.1) is 31.2 Å². The lowest BCUT2D eigenvalue weighted by molar-refractivity contribution is -0.134. The molecule has 1 saturated heterocycles. The Bertz CT molecular complexity index is 1440. The van der Waals surface area contributed by atoms with E-state index >= 15 is 0 Å². The number of H-pyrrole nitrogens is 1. The van der Waals surface area contributed by atoms with Crippen LogP contribution in [0.1, 0.15) is 39.2 Å². The minimum absolute atomic E-state index is 0.121. The molecule has 12 heteroatoms. The predicted molar refractivity (Wildman–Crippen MR) is 149 cm³/mol. The molecule has 1 fully saturated rings. The van der Waals surface area contributed by atoms with Gasteiger partial charge in [-0.25, -0.2) is 14.5 Å². The molecule has 38 heavy (non-hydrogen) atoms. The van der Waals surface area contributed by atoms with Gasteiger partial charge in [0.1, 0.15) is 16.3 Å². The van der Waals surface area contributed by atoms with Crippen LogP contribution in [0.15, 0.2) is 24.8 Å². The Hall–Kier alpha value is -3.51. The molecule has 4 aromatic rings. The molecule has 0 bridgehead atoms. The number of aromatic amines is 1. The fraction of sp³-hybridized carbons (Fsp3) is 0.500. The van der Waals surface area contributed by atoms with Gasteiger partial charge < -0.3 is 19.4 Å². The largest absolute Gasteiger partial charge is 0.493 e. The zero-order valence-electron chi connectivity index (χ0n) is 23.0. The second-order valence-electron chi connectivity index (χ2n) is 10.5. The first-order chi connectivity index (χ1) is 18.2. The smallest absolute Gasteiger partial charge is 0.237 e. The van der Waals surface area contributed by atoms with Crippen LogP contribution in [0, 0.1) is 0 Å². The Morgan fingerprint density at radius 1 is 1.24 bits per heavy atom. The summed E-state index contributed by atoms with van der Waals surface area (Å²) in [5.41, 5.74) is 4.41. The molecule has 1 aliphatic heterocycles. The Kier molecular flexibility index (Phi) is 7.10. The third-order valence-corrected chi connectivity index (χ3v) is 8.02. The fourth-order valence-electron chi connectivity index (χ4n) is 5.13. The molecule has 11 nitrogen and oxygen atoms in total. The first-order valence-corrected chi connectivity index (χ1v) is 13.6. The Morgan fingerprint density at radius 2 is 2.03 bits per heavy atom. The van der Waals surface area contributed by atoms with E-state index in [1.165, 1.54) is 6.33 Å². The summed E-state index contributed by atoms with van der Waals surface area (Å²) in [7, 11) is 5.48. The lowest BCUT2D eigenvalue weighted by Gasteiger charge is -2.44. The number of pyridine rings is 1. The van der Waals surface area contributed by atoms with Crippen molar-refractivity contribution in [3.8, 4) is 27.7 Å². The number of piperazine rings is 1. The van der Waals surface area contributed by atoms with Crippen LogP contribution in [-0.4, -0.2) is 98.4 Å². The molecular formula is C26H35N9O2S. The summed E-state index contributed by atoms with van der Waals surface area (Å²) in [6.45, 7) is 10.5. The van der Waals surface area contributed by atoms with E-state index in [0.717, 1.165) is 39.1 Å². The fourth-order valence-corrected chi connectivity index (χ4v) is 6.17. The number of hydrogen-bond donors (Lipinski definition) is 1. The van der Waals surface area contributed by atoms with Crippen LogP contribution < -0.4 is 9.64 Å². The van der Waals surface area contributed by atoms with Crippen molar-refractivity contribution in [3.63, 3.8) is 0 Å². The number of nitrogens with one attached hydrogen (secondary N) is 1. The zero-order chi connectivity index (χ0) is 27.1. The van der Waals surface area contributed by atoms with Gasteiger partial charge in [0.25, 0.3) is 0 Å². The maximum atomic E-state index is 12.7. The molecule has 202 valence electrons. The van der Waals surface area contributed by atoms with Crippen molar-refractivity contribution >= 4 is 27.9 Å². The van der Waals surface area contributed by atoms with E-state index in [4.69, 9.17) is 14.8 Å². The van der Waals surface area contributed by atoms with Gasteiger partial charge in [0.2, 0.25) is 5.91 Å². The van der Waals surface area contributed by atoms with Crippen LogP contribution in [0.2, 0.25) is 0 Å². The highest BCUT2D eigenvalue weighted by Gasteiger charge is 2.33. The molecular weight excluding hydrogens is 502 g/mol. The van der Waals surface area contributed by atoms with Crippen molar-refractivity contribution in [2.45, 2.75) is 45.7 Å². The highest BCUT2D eigenvalue weighted by atomic mass is 32.1. The van der Waals surface area contributed by atoms with Gasteiger partial charge in [0, 0.05) is 42.5 Å². The average Bonchev–Trinajstić information content (AvgIpc) is 3.62. The van der Waals surface area contributed by atoms with E-state index in [1.807, 2.05) is 42.4 Å². The van der Waals surface area contributed by atoms with Crippen LogP contribution in [0.5, 0.6) is 5.75 Å².